The summed E-state index contributed by atoms with van der Waals surface area (Å²) in [6.45, 7) is 6.01. The van der Waals surface area contributed by atoms with Gasteiger partial charge >= 0.3 is 6.09 Å². The molecule has 3 aromatic carbocycles. The van der Waals surface area contributed by atoms with Gasteiger partial charge in [0.25, 0.3) is 5.91 Å². The number of piperidine rings is 1. The quantitative estimate of drug-likeness (QED) is 0.194. The Kier molecular flexibility index (Phi) is 10.7. The van der Waals surface area contributed by atoms with Crippen molar-refractivity contribution < 1.29 is 19.8 Å². The first-order valence-electron chi connectivity index (χ1n) is 14.8. The predicted molar refractivity (Wildman–Crippen MR) is 168 cm³/mol. The molecule has 1 saturated heterocycles. The van der Waals surface area contributed by atoms with Crippen LogP contribution in [-0.2, 0) is 18.6 Å². The van der Waals surface area contributed by atoms with Gasteiger partial charge in [-0.05, 0) is 86.0 Å². The Morgan fingerprint density at radius 3 is 2.60 bits per heavy atom. The normalized spacial score (nSPS) is 16.6. The van der Waals surface area contributed by atoms with E-state index in [1.54, 1.807) is 0 Å². The smallest absolute Gasteiger partial charge is 0.404 e. The number of aliphatic hydroxyl groups is 1. The molecule has 0 bridgehead atoms. The van der Waals surface area contributed by atoms with Gasteiger partial charge in [0.1, 0.15) is 0 Å². The molecule has 0 spiro atoms. The van der Waals surface area contributed by atoms with Gasteiger partial charge < -0.3 is 25.7 Å². The molecular formula is C34H42ClN3O4. The average Bonchev–Trinajstić information content (AvgIpc) is 2.99. The molecule has 1 fully saturated rings. The van der Waals surface area contributed by atoms with E-state index in [4.69, 9.17) is 16.7 Å². The largest absolute Gasteiger partial charge is 0.465 e. The Morgan fingerprint density at radius 1 is 1.10 bits per heavy atom. The van der Waals surface area contributed by atoms with Crippen molar-refractivity contribution in [2.75, 3.05) is 26.7 Å². The zero-order chi connectivity index (χ0) is 30.3. The van der Waals surface area contributed by atoms with Crippen LogP contribution in [0.2, 0.25) is 5.02 Å². The molecule has 42 heavy (non-hydrogen) atoms. The molecule has 1 aliphatic rings. The van der Waals surface area contributed by atoms with Crippen LogP contribution < -0.4 is 10.6 Å². The van der Waals surface area contributed by atoms with E-state index < -0.39 is 11.7 Å². The van der Waals surface area contributed by atoms with E-state index in [1.165, 1.54) is 0 Å². The summed E-state index contributed by atoms with van der Waals surface area (Å²) in [5, 5.41) is 27.9. The molecule has 8 heteroatoms. The highest BCUT2D eigenvalue weighted by molar-refractivity contribution is 6.33. The van der Waals surface area contributed by atoms with Gasteiger partial charge in [0.2, 0.25) is 0 Å². The first-order valence-corrected chi connectivity index (χ1v) is 15.2. The number of hydrogen-bond donors (Lipinski definition) is 4. The van der Waals surface area contributed by atoms with Crippen molar-refractivity contribution in [3.05, 3.63) is 93.5 Å². The van der Waals surface area contributed by atoms with Crippen molar-refractivity contribution in [1.82, 2.24) is 15.5 Å². The van der Waals surface area contributed by atoms with Crippen molar-refractivity contribution in [3.8, 4) is 11.1 Å². The maximum absolute atomic E-state index is 13.8. The van der Waals surface area contributed by atoms with E-state index in [1.807, 2.05) is 67.4 Å². The van der Waals surface area contributed by atoms with Gasteiger partial charge in [0, 0.05) is 48.2 Å². The van der Waals surface area contributed by atoms with Gasteiger partial charge in [0.05, 0.1) is 5.60 Å². The molecule has 0 saturated carbocycles. The fraction of sp³-hybridized carbons (Fsp3) is 0.412. The minimum atomic E-state index is -1.34. The summed E-state index contributed by atoms with van der Waals surface area (Å²) >= 11 is 6.85. The number of halogens is 1. The molecule has 224 valence electrons. The third kappa shape index (κ3) is 7.14. The lowest BCUT2D eigenvalue weighted by Crippen LogP contribution is -2.48. The summed E-state index contributed by atoms with van der Waals surface area (Å²) in [5.74, 6) is -0.305. The predicted octanol–water partition coefficient (Wildman–Crippen LogP) is 6.39. The number of carbonyl (C=O) groups is 2. The molecule has 4 N–H and O–H groups in total. The number of carbonyl (C=O) groups excluding carboxylic acids is 1. The zero-order valence-electron chi connectivity index (χ0n) is 24.8. The summed E-state index contributed by atoms with van der Waals surface area (Å²) in [4.78, 5) is 26.8. The van der Waals surface area contributed by atoms with Crippen molar-refractivity contribution in [1.29, 1.82) is 0 Å². The number of aryl methyl sites for hydroxylation is 2. The Bertz CT molecular complexity index is 1410. The second-order valence-electron chi connectivity index (χ2n) is 11.2. The molecule has 7 nitrogen and oxygen atoms in total. The van der Waals surface area contributed by atoms with Crippen LogP contribution in [0.3, 0.4) is 0 Å². The molecule has 2 amide bonds. The highest BCUT2D eigenvalue weighted by Crippen LogP contribution is 2.45. The monoisotopic (exact) mass is 591 g/mol. The van der Waals surface area contributed by atoms with Crippen LogP contribution in [-0.4, -0.2) is 53.8 Å². The lowest BCUT2D eigenvalue weighted by atomic mass is 9.72. The van der Waals surface area contributed by atoms with E-state index in [-0.39, 0.29) is 18.4 Å². The van der Waals surface area contributed by atoms with Crippen LogP contribution >= 0.6 is 11.6 Å². The molecule has 1 aliphatic heterocycles. The van der Waals surface area contributed by atoms with Crippen molar-refractivity contribution >= 4 is 23.6 Å². The lowest BCUT2D eigenvalue weighted by Gasteiger charge is -2.44. The van der Waals surface area contributed by atoms with E-state index >= 15 is 0 Å². The third-order valence-corrected chi connectivity index (χ3v) is 8.72. The van der Waals surface area contributed by atoms with Gasteiger partial charge in [0.15, 0.2) is 0 Å². The number of nitrogens with zero attached hydrogens (tertiary/aromatic N) is 1. The van der Waals surface area contributed by atoms with Gasteiger partial charge in [-0.15, -0.1) is 0 Å². The first-order chi connectivity index (χ1) is 20.2. The summed E-state index contributed by atoms with van der Waals surface area (Å²) in [6.07, 6.45) is 2.01. The molecule has 3 aromatic rings. The number of carboxylic acid groups (broad SMARTS) is 1. The van der Waals surface area contributed by atoms with Crippen LogP contribution in [0, 0.1) is 12.8 Å². The molecule has 1 heterocycles. The van der Waals surface area contributed by atoms with Crippen molar-refractivity contribution in [2.45, 2.75) is 58.1 Å². The van der Waals surface area contributed by atoms with Crippen LogP contribution in [0.15, 0.2) is 60.7 Å². The van der Waals surface area contributed by atoms with Crippen LogP contribution in [0.25, 0.3) is 11.1 Å². The number of nitrogens with one attached hydrogen (secondary N) is 2. The molecule has 0 aromatic heterocycles. The van der Waals surface area contributed by atoms with E-state index in [0.717, 1.165) is 53.6 Å². The van der Waals surface area contributed by atoms with Crippen LogP contribution in [0.4, 0.5) is 4.79 Å². The second kappa shape index (κ2) is 14.2. The van der Waals surface area contributed by atoms with Gasteiger partial charge in [-0.2, -0.15) is 0 Å². The number of likely N-dealkylation sites (tertiary alicyclic amines) is 1. The highest BCUT2D eigenvalue weighted by Gasteiger charge is 2.43. The molecule has 4 rings (SSSR count). The van der Waals surface area contributed by atoms with Crippen LogP contribution in [0.1, 0.15) is 65.2 Å². The molecular weight excluding hydrogens is 550 g/mol. The maximum Gasteiger partial charge on any atom is 0.404 e. The number of hydrogen-bond acceptors (Lipinski definition) is 4. The maximum atomic E-state index is 13.8. The van der Waals surface area contributed by atoms with E-state index in [2.05, 4.69) is 29.7 Å². The van der Waals surface area contributed by atoms with Gasteiger partial charge in [-0.1, -0.05) is 67.1 Å². The summed E-state index contributed by atoms with van der Waals surface area (Å²) in [6, 6.07) is 19.7. The van der Waals surface area contributed by atoms with Gasteiger partial charge in [-0.25, -0.2) is 4.79 Å². The summed E-state index contributed by atoms with van der Waals surface area (Å²) < 4.78 is 0. The van der Waals surface area contributed by atoms with Crippen LogP contribution in [0.5, 0.6) is 0 Å². The highest BCUT2D eigenvalue weighted by atomic mass is 35.5. The zero-order valence-corrected chi connectivity index (χ0v) is 25.5. The topological polar surface area (TPSA) is 102 Å². The second-order valence-corrected chi connectivity index (χ2v) is 11.7. The standard InChI is InChI=1S/C34H42ClN3O4/c1-4-24-9-5-10-26(20-24)31-29(12-6-13-30(31)35)34(42,16-8-17-37-33(40)41)27-11-7-18-38(22-27)32(39)28-15-14-25(21-36-3)19-23(28)2/h5-6,9-10,12-15,19-20,27,36-37,42H,4,7-8,11,16-18,21-22H2,1-3H3,(H,40,41)/t27-,34+/m1/s1. The number of rotatable bonds is 11. The Balaban J connectivity index is 1.71. The Hall–Kier alpha value is -3.39. The van der Waals surface area contributed by atoms with E-state index in [0.29, 0.717) is 42.1 Å². The van der Waals surface area contributed by atoms with Crippen molar-refractivity contribution in [3.63, 3.8) is 0 Å². The summed E-state index contributed by atoms with van der Waals surface area (Å²) in [7, 11) is 1.90. The van der Waals surface area contributed by atoms with Gasteiger partial charge in [-0.3, -0.25) is 4.79 Å². The lowest BCUT2D eigenvalue weighted by molar-refractivity contribution is -0.0563. The SMILES string of the molecule is CCc1cccc(-c2c(Cl)cccc2[C@](O)(CCCNC(=O)O)[C@@H]2CCCN(C(=O)c3ccc(CNC)cc3C)C2)c1. The molecule has 0 aliphatic carbocycles. The number of amides is 2. The Morgan fingerprint density at radius 2 is 1.88 bits per heavy atom. The molecule has 2 atom stereocenters. The summed E-state index contributed by atoms with van der Waals surface area (Å²) in [5.41, 5.74) is 4.97. The number of benzene rings is 3. The average molecular weight is 592 g/mol. The van der Waals surface area contributed by atoms with E-state index in [9.17, 15) is 14.7 Å². The fourth-order valence-corrected chi connectivity index (χ4v) is 6.52. The first kappa shape index (κ1) is 31.5. The van der Waals surface area contributed by atoms with Crippen molar-refractivity contribution in [2.24, 2.45) is 5.92 Å². The molecule has 0 unspecified atom stereocenters. The molecule has 0 radical (unpaired) electrons. The third-order valence-electron chi connectivity index (χ3n) is 8.40. The fourth-order valence-electron chi connectivity index (χ4n) is 6.24. The Labute approximate surface area is 253 Å². The minimum Gasteiger partial charge on any atom is -0.465 e. The minimum absolute atomic E-state index is 0.0370.